The van der Waals surface area contributed by atoms with Crippen LogP contribution in [0.4, 0.5) is 18.0 Å². The molecule has 1 rings (SSSR count). The lowest BCUT2D eigenvalue weighted by atomic mass is 10.4. The molecule has 0 aromatic carbocycles. The molecule has 18 heavy (non-hydrogen) atoms. The van der Waals surface area contributed by atoms with Crippen molar-refractivity contribution in [3.8, 4) is 0 Å². The van der Waals surface area contributed by atoms with Crippen LogP contribution in [0.5, 0.6) is 0 Å². The summed E-state index contributed by atoms with van der Waals surface area (Å²) in [4.78, 5) is 24.1. The molecule has 5 nitrogen and oxygen atoms in total. The molecule has 0 atom stereocenters. The molecule has 1 N–H and O–H groups in total. The van der Waals surface area contributed by atoms with Crippen molar-refractivity contribution in [3.05, 3.63) is 0 Å². The van der Waals surface area contributed by atoms with Crippen molar-refractivity contribution in [2.24, 2.45) is 0 Å². The van der Waals surface area contributed by atoms with Crippen LogP contribution in [0.1, 0.15) is 19.8 Å². The molecule has 0 heterocycles. The first-order valence-electron chi connectivity index (χ1n) is 5.58. The summed E-state index contributed by atoms with van der Waals surface area (Å²) in [7, 11) is 0. The average molecular weight is 268 g/mol. The summed E-state index contributed by atoms with van der Waals surface area (Å²) in [6.07, 6.45) is -3.20. The number of carbonyl (C=O) groups is 2. The number of carbonyl (C=O) groups excluding carboxylic acids is 1. The van der Waals surface area contributed by atoms with Gasteiger partial charge in [-0.3, -0.25) is 4.79 Å². The molecule has 1 fully saturated rings. The highest BCUT2D eigenvalue weighted by atomic mass is 19.4. The fraction of sp³-hybridized carbons (Fsp3) is 0.800. The van der Waals surface area contributed by atoms with Crippen molar-refractivity contribution in [2.75, 3.05) is 19.6 Å². The van der Waals surface area contributed by atoms with E-state index in [1.165, 1.54) is 6.92 Å². The molecule has 0 aromatic heterocycles. The molecular formula is C10H15F3N2O3. The van der Waals surface area contributed by atoms with E-state index >= 15 is 0 Å². The van der Waals surface area contributed by atoms with Crippen molar-refractivity contribution in [1.82, 2.24) is 9.80 Å². The molecule has 0 aromatic rings. The highest BCUT2D eigenvalue weighted by Gasteiger charge is 2.39. The molecule has 2 amide bonds. The van der Waals surface area contributed by atoms with Crippen LogP contribution in [0.2, 0.25) is 0 Å². The highest BCUT2D eigenvalue weighted by Crippen LogP contribution is 2.28. The second-order valence-corrected chi connectivity index (χ2v) is 4.16. The van der Waals surface area contributed by atoms with Crippen LogP contribution in [-0.2, 0) is 4.79 Å². The molecule has 1 aliphatic carbocycles. The highest BCUT2D eigenvalue weighted by molar-refractivity contribution is 5.80. The lowest BCUT2D eigenvalue weighted by Crippen LogP contribution is -2.49. The number of carboxylic acid groups (broad SMARTS) is 1. The van der Waals surface area contributed by atoms with Crippen LogP contribution in [0.3, 0.4) is 0 Å². The number of carboxylic acids is 1. The number of aliphatic carboxylic acids is 1. The Morgan fingerprint density at radius 2 is 1.89 bits per heavy atom. The lowest BCUT2D eigenvalue weighted by Gasteiger charge is -2.29. The fourth-order valence-electron chi connectivity index (χ4n) is 1.60. The zero-order valence-electron chi connectivity index (χ0n) is 9.90. The minimum Gasteiger partial charge on any atom is -0.480 e. The average Bonchev–Trinajstić information content (AvgIpc) is 3.03. The number of hydrogen-bond donors (Lipinski definition) is 1. The predicted molar refractivity (Wildman–Crippen MR) is 56.1 cm³/mol. The number of nitrogens with zero attached hydrogens (tertiary/aromatic N) is 2. The summed E-state index contributed by atoms with van der Waals surface area (Å²) >= 11 is 0. The molecule has 8 heteroatoms. The van der Waals surface area contributed by atoms with Crippen LogP contribution in [0.25, 0.3) is 0 Å². The van der Waals surface area contributed by atoms with E-state index in [1.807, 2.05) is 0 Å². The second-order valence-electron chi connectivity index (χ2n) is 4.16. The van der Waals surface area contributed by atoms with Gasteiger partial charge in [-0.05, 0) is 19.8 Å². The third kappa shape index (κ3) is 4.42. The summed E-state index contributed by atoms with van der Waals surface area (Å²) in [5.74, 6) is -1.22. The maximum absolute atomic E-state index is 12.3. The van der Waals surface area contributed by atoms with Crippen LogP contribution in [0.15, 0.2) is 0 Å². The van der Waals surface area contributed by atoms with Gasteiger partial charge in [0.1, 0.15) is 13.1 Å². The van der Waals surface area contributed by atoms with Gasteiger partial charge in [0.25, 0.3) is 0 Å². The summed E-state index contributed by atoms with van der Waals surface area (Å²) < 4.78 is 36.8. The van der Waals surface area contributed by atoms with Gasteiger partial charge in [0.05, 0.1) is 0 Å². The van der Waals surface area contributed by atoms with Crippen molar-refractivity contribution in [3.63, 3.8) is 0 Å². The zero-order valence-corrected chi connectivity index (χ0v) is 9.90. The van der Waals surface area contributed by atoms with E-state index in [0.29, 0.717) is 17.7 Å². The number of urea groups is 1. The first kappa shape index (κ1) is 14.6. The summed E-state index contributed by atoms with van der Waals surface area (Å²) in [5.41, 5.74) is 0. The van der Waals surface area contributed by atoms with Crippen LogP contribution in [-0.4, -0.2) is 58.8 Å². The Morgan fingerprint density at radius 1 is 1.33 bits per heavy atom. The van der Waals surface area contributed by atoms with Gasteiger partial charge < -0.3 is 14.9 Å². The van der Waals surface area contributed by atoms with Gasteiger partial charge in [-0.2, -0.15) is 13.2 Å². The molecule has 104 valence electrons. The number of amides is 2. The van der Waals surface area contributed by atoms with Crippen molar-refractivity contribution < 1.29 is 27.9 Å². The number of alkyl halides is 3. The Balaban J connectivity index is 2.70. The van der Waals surface area contributed by atoms with Crippen LogP contribution in [0, 0.1) is 0 Å². The Bertz CT molecular complexity index is 329. The third-order valence-corrected chi connectivity index (χ3v) is 2.56. The first-order chi connectivity index (χ1) is 8.24. The maximum atomic E-state index is 12.3. The Hall–Kier alpha value is -1.47. The molecule has 0 saturated heterocycles. The summed E-state index contributed by atoms with van der Waals surface area (Å²) in [5, 5.41) is 8.66. The van der Waals surface area contributed by atoms with E-state index in [2.05, 4.69) is 0 Å². The molecule has 0 aliphatic heterocycles. The van der Waals surface area contributed by atoms with E-state index in [0.717, 1.165) is 4.90 Å². The Morgan fingerprint density at radius 3 is 2.22 bits per heavy atom. The summed E-state index contributed by atoms with van der Waals surface area (Å²) in [6.45, 7) is -0.598. The van der Waals surface area contributed by atoms with E-state index in [9.17, 15) is 22.8 Å². The van der Waals surface area contributed by atoms with Gasteiger partial charge in [-0.15, -0.1) is 0 Å². The molecular weight excluding hydrogens is 253 g/mol. The number of hydrogen-bond acceptors (Lipinski definition) is 2. The summed E-state index contributed by atoms with van der Waals surface area (Å²) in [6, 6.07) is -1.10. The van der Waals surface area contributed by atoms with Gasteiger partial charge in [0.15, 0.2) is 0 Å². The standard InChI is InChI=1S/C10H15F3N2O3/c1-2-14(6-10(11,12)13)9(18)15(5-8(16)17)7-3-4-7/h7H,2-6H2,1H3,(H,16,17). The van der Waals surface area contributed by atoms with Crippen molar-refractivity contribution >= 4 is 12.0 Å². The lowest BCUT2D eigenvalue weighted by molar-refractivity contribution is -0.142. The molecule has 0 spiro atoms. The molecule has 0 bridgehead atoms. The SMILES string of the molecule is CCN(CC(F)(F)F)C(=O)N(CC(=O)O)C1CC1. The van der Waals surface area contributed by atoms with Crippen LogP contribution >= 0.6 is 0 Å². The Labute approximate surface area is 102 Å². The minimum atomic E-state index is -4.48. The number of rotatable bonds is 5. The van der Waals surface area contributed by atoms with E-state index in [4.69, 9.17) is 5.11 Å². The third-order valence-electron chi connectivity index (χ3n) is 2.56. The van der Waals surface area contributed by atoms with Gasteiger partial charge in [-0.25, -0.2) is 4.79 Å². The smallest absolute Gasteiger partial charge is 0.406 e. The normalized spacial score (nSPS) is 15.3. The van der Waals surface area contributed by atoms with Gasteiger partial charge in [-0.1, -0.05) is 0 Å². The quantitative estimate of drug-likeness (QED) is 0.822. The topological polar surface area (TPSA) is 60.9 Å². The fourth-order valence-corrected chi connectivity index (χ4v) is 1.60. The van der Waals surface area contributed by atoms with Crippen LogP contribution < -0.4 is 0 Å². The van der Waals surface area contributed by atoms with E-state index in [1.54, 1.807) is 0 Å². The zero-order chi connectivity index (χ0) is 13.9. The predicted octanol–water partition coefficient (Wildman–Crippen LogP) is 1.54. The first-order valence-corrected chi connectivity index (χ1v) is 5.58. The minimum absolute atomic E-state index is 0.110. The number of halogens is 3. The molecule has 1 saturated carbocycles. The van der Waals surface area contributed by atoms with Gasteiger partial charge in [0.2, 0.25) is 0 Å². The monoisotopic (exact) mass is 268 g/mol. The van der Waals surface area contributed by atoms with Gasteiger partial charge >= 0.3 is 18.2 Å². The van der Waals surface area contributed by atoms with E-state index < -0.39 is 31.3 Å². The maximum Gasteiger partial charge on any atom is 0.406 e. The largest absolute Gasteiger partial charge is 0.480 e. The Kier molecular flexibility index (Phi) is 4.42. The second kappa shape index (κ2) is 5.45. The van der Waals surface area contributed by atoms with Crippen molar-refractivity contribution in [1.29, 1.82) is 0 Å². The molecule has 1 aliphatic rings. The molecule has 0 unspecified atom stereocenters. The molecule has 0 radical (unpaired) electrons. The van der Waals surface area contributed by atoms with Crippen molar-refractivity contribution in [2.45, 2.75) is 32.0 Å². The van der Waals surface area contributed by atoms with E-state index in [-0.39, 0.29) is 12.6 Å². The van der Waals surface area contributed by atoms with Gasteiger partial charge in [0, 0.05) is 12.6 Å².